The van der Waals surface area contributed by atoms with E-state index in [1.165, 1.54) is 0 Å². The van der Waals surface area contributed by atoms with Gasteiger partial charge in [0.05, 0.1) is 6.61 Å². The summed E-state index contributed by atoms with van der Waals surface area (Å²) in [6.07, 6.45) is 0.641. The molecule has 0 fully saturated rings. The summed E-state index contributed by atoms with van der Waals surface area (Å²) in [6, 6.07) is 7.27. The standard InChI is InChI=1S/C11H16O4/c1-13-9-15-11-5-3-10(4-6-11)14-8-2-7-12/h3-6,12H,2,7-9H2,1H3. The number of rotatable bonds is 7. The van der Waals surface area contributed by atoms with Gasteiger partial charge in [-0.15, -0.1) is 0 Å². The van der Waals surface area contributed by atoms with Crippen molar-refractivity contribution in [3.8, 4) is 11.5 Å². The summed E-state index contributed by atoms with van der Waals surface area (Å²) >= 11 is 0. The summed E-state index contributed by atoms with van der Waals surface area (Å²) < 4.78 is 15.4. The number of aliphatic hydroxyl groups excluding tert-OH is 1. The highest BCUT2D eigenvalue weighted by Crippen LogP contribution is 2.17. The molecule has 0 aliphatic rings. The van der Waals surface area contributed by atoms with E-state index in [4.69, 9.17) is 19.3 Å². The van der Waals surface area contributed by atoms with Crippen LogP contribution in [0.2, 0.25) is 0 Å². The molecule has 0 heterocycles. The van der Waals surface area contributed by atoms with E-state index in [0.29, 0.717) is 13.0 Å². The first-order chi connectivity index (χ1) is 7.36. The normalized spacial score (nSPS) is 10.0. The molecular weight excluding hydrogens is 196 g/mol. The zero-order chi connectivity index (χ0) is 10.9. The lowest BCUT2D eigenvalue weighted by molar-refractivity contribution is 0.0511. The number of ether oxygens (including phenoxy) is 3. The van der Waals surface area contributed by atoms with Gasteiger partial charge >= 0.3 is 0 Å². The lowest BCUT2D eigenvalue weighted by Crippen LogP contribution is -2.00. The summed E-state index contributed by atoms with van der Waals surface area (Å²) in [7, 11) is 1.58. The fraction of sp³-hybridized carbons (Fsp3) is 0.455. The first kappa shape index (κ1) is 11.8. The van der Waals surface area contributed by atoms with Crippen molar-refractivity contribution in [3.05, 3.63) is 24.3 Å². The summed E-state index contributed by atoms with van der Waals surface area (Å²) in [6.45, 7) is 0.911. The average molecular weight is 212 g/mol. The van der Waals surface area contributed by atoms with E-state index in [1.807, 2.05) is 24.3 Å². The zero-order valence-electron chi connectivity index (χ0n) is 8.81. The maximum absolute atomic E-state index is 8.57. The highest BCUT2D eigenvalue weighted by Gasteiger charge is 1.95. The molecule has 0 spiro atoms. The van der Waals surface area contributed by atoms with Crippen LogP contribution in [0.1, 0.15) is 6.42 Å². The average Bonchev–Trinajstić information content (AvgIpc) is 2.28. The molecule has 4 nitrogen and oxygen atoms in total. The van der Waals surface area contributed by atoms with E-state index < -0.39 is 0 Å². The molecule has 1 aromatic carbocycles. The number of hydrogen-bond acceptors (Lipinski definition) is 4. The van der Waals surface area contributed by atoms with Crippen LogP contribution in [0.25, 0.3) is 0 Å². The quantitative estimate of drug-likeness (QED) is 0.548. The van der Waals surface area contributed by atoms with Gasteiger partial charge in [0, 0.05) is 20.1 Å². The molecule has 1 rings (SSSR count). The van der Waals surface area contributed by atoms with Crippen LogP contribution in [0.4, 0.5) is 0 Å². The molecule has 0 atom stereocenters. The van der Waals surface area contributed by atoms with Crippen LogP contribution < -0.4 is 9.47 Å². The van der Waals surface area contributed by atoms with Crippen molar-refractivity contribution >= 4 is 0 Å². The molecule has 84 valence electrons. The molecule has 4 heteroatoms. The number of hydrogen-bond donors (Lipinski definition) is 1. The van der Waals surface area contributed by atoms with Crippen molar-refractivity contribution in [2.75, 3.05) is 27.1 Å². The van der Waals surface area contributed by atoms with E-state index in [-0.39, 0.29) is 13.4 Å². The van der Waals surface area contributed by atoms with E-state index in [2.05, 4.69) is 0 Å². The van der Waals surface area contributed by atoms with Crippen LogP contribution in [0, 0.1) is 0 Å². The third-order valence-electron chi connectivity index (χ3n) is 1.74. The van der Waals surface area contributed by atoms with Gasteiger partial charge < -0.3 is 19.3 Å². The molecule has 0 aromatic heterocycles. The highest BCUT2D eigenvalue weighted by atomic mass is 16.7. The smallest absolute Gasteiger partial charge is 0.188 e. The van der Waals surface area contributed by atoms with Crippen molar-refractivity contribution in [1.82, 2.24) is 0 Å². The Morgan fingerprint density at radius 3 is 2.20 bits per heavy atom. The van der Waals surface area contributed by atoms with E-state index in [9.17, 15) is 0 Å². The molecular formula is C11H16O4. The Bertz CT molecular complexity index is 258. The van der Waals surface area contributed by atoms with Gasteiger partial charge in [0.1, 0.15) is 11.5 Å². The Morgan fingerprint density at radius 1 is 1.07 bits per heavy atom. The van der Waals surface area contributed by atoms with Gasteiger partial charge in [0.2, 0.25) is 0 Å². The predicted molar refractivity (Wildman–Crippen MR) is 56.1 cm³/mol. The fourth-order valence-corrected chi connectivity index (χ4v) is 1.01. The molecule has 1 aromatic rings. The van der Waals surface area contributed by atoms with Crippen molar-refractivity contribution in [2.24, 2.45) is 0 Å². The maximum Gasteiger partial charge on any atom is 0.188 e. The predicted octanol–water partition coefficient (Wildman–Crippen LogP) is 1.43. The molecule has 0 amide bonds. The first-order valence-corrected chi connectivity index (χ1v) is 4.82. The topological polar surface area (TPSA) is 47.9 Å². The van der Waals surface area contributed by atoms with E-state index in [0.717, 1.165) is 11.5 Å². The Kier molecular flexibility index (Phi) is 5.58. The lowest BCUT2D eigenvalue weighted by Gasteiger charge is -2.07. The number of aliphatic hydroxyl groups is 1. The Hall–Kier alpha value is -1.26. The van der Waals surface area contributed by atoms with Crippen molar-refractivity contribution < 1.29 is 19.3 Å². The molecule has 1 N–H and O–H groups in total. The van der Waals surface area contributed by atoms with Crippen LogP contribution in [-0.4, -0.2) is 32.2 Å². The zero-order valence-corrected chi connectivity index (χ0v) is 8.81. The largest absolute Gasteiger partial charge is 0.494 e. The van der Waals surface area contributed by atoms with Crippen molar-refractivity contribution in [1.29, 1.82) is 0 Å². The van der Waals surface area contributed by atoms with Crippen LogP contribution in [0.15, 0.2) is 24.3 Å². The van der Waals surface area contributed by atoms with E-state index in [1.54, 1.807) is 7.11 Å². The van der Waals surface area contributed by atoms with Crippen molar-refractivity contribution in [2.45, 2.75) is 6.42 Å². The lowest BCUT2D eigenvalue weighted by atomic mass is 10.3. The molecule has 0 saturated heterocycles. The van der Waals surface area contributed by atoms with Gasteiger partial charge in [-0.05, 0) is 24.3 Å². The highest BCUT2D eigenvalue weighted by molar-refractivity contribution is 5.31. The maximum atomic E-state index is 8.57. The second-order valence-corrected chi connectivity index (χ2v) is 2.95. The van der Waals surface area contributed by atoms with Gasteiger partial charge in [0.25, 0.3) is 0 Å². The van der Waals surface area contributed by atoms with Crippen LogP contribution >= 0.6 is 0 Å². The van der Waals surface area contributed by atoms with E-state index >= 15 is 0 Å². The SMILES string of the molecule is COCOc1ccc(OCCCO)cc1. The minimum absolute atomic E-state index is 0.148. The minimum atomic E-state index is 0.148. The summed E-state index contributed by atoms with van der Waals surface area (Å²) in [5, 5.41) is 8.57. The van der Waals surface area contributed by atoms with Crippen LogP contribution in [0.3, 0.4) is 0 Å². The van der Waals surface area contributed by atoms with Gasteiger partial charge in [-0.25, -0.2) is 0 Å². The molecule has 0 saturated carbocycles. The van der Waals surface area contributed by atoms with Gasteiger partial charge in [-0.1, -0.05) is 0 Å². The Morgan fingerprint density at radius 2 is 1.67 bits per heavy atom. The fourth-order valence-electron chi connectivity index (χ4n) is 1.01. The number of methoxy groups -OCH3 is 1. The van der Waals surface area contributed by atoms with Gasteiger partial charge in [0.15, 0.2) is 6.79 Å². The molecule has 15 heavy (non-hydrogen) atoms. The second kappa shape index (κ2) is 7.09. The monoisotopic (exact) mass is 212 g/mol. The second-order valence-electron chi connectivity index (χ2n) is 2.95. The summed E-state index contributed by atoms with van der Waals surface area (Å²) in [5.74, 6) is 1.51. The Labute approximate surface area is 89.4 Å². The molecule has 0 unspecified atom stereocenters. The minimum Gasteiger partial charge on any atom is -0.494 e. The molecule has 0 bridgehead atoms. The molecule has 0 aliphatic heterocycles. The number of benzene rings is 1. The third kappa shape index (κ3) is 4.67. The van der Waals surface area contributed by atoms with Gasteiger partial charge in [-0.3, -0.25) is 0 Å². The molecule has 0 radical (unpaired) electrons. The van der Waals surface area contributed by atoms with Gasteiger partial charge in [-0.2, -0.15) is 0 Å². The Balaban J connectivity index is 2.35. The van der Waals surface area contributed by atoms with Crippen LogP contribution in [-0.2, 0) is 4.74 Å². The van der Waals surface area contributed by atoms with Crippen LogP contribution in [0.5, 0.6) is 11.5 Å². The van der Waals surface area contributed by atoms with Crippen molar-refractivity contribution in [3.63, 3.8) is 0 Å². The molecule has 0 aliphatic carbocycles. The first-order valence-electron chi connectivity index (χ1n) is 4.82. The third-order valence-corrected chi connectivity index (χ3v) is 1.74. The summed E-state index contributed by atoms with van der Waals surface area (Å²) in [4.78, 5) is 0. The summed E-state index contributed by atoms with van der Waals surface area (Å²) in [5.41, 5.74) is 0.